The lowest BCUT2D eigenvalue weighted by atomic mass is 9.83. The van der Waals surface area contributed by atoms with Crippen LogP contribution in [0.5, 0.6) is 0 Å². The summed E-state index contributed by atoms with van der Waals surface area (Å²) in [5.74, 6) is -0.129. The van der Waals surface area contributed by atoms with Crippen molar-refractivity contribution in [3.05, 3.63) is 17.5 Å². The summed E-state index contributed by atoms with van der Waals surface area (Å²) < 4.78 is 1.95. The van der Waals surface area contributed by atoms with Crippen molar-refractivity contribution in [3.8, 4) is 0 Å². The number of piperidine rings is 2. The number of nitrogens with zero attached hydrogens (tertiary/aromatic N) is 4. The van der Waals surface area contributed by atoms with Gasteiger partial charge in [0.1, 0.15) is 5.54 Å². The SMILES string of the molecule is Cc1cnn(C)c1CN1CCC(C(N)=O)(N2CCCCC2)CC1. The summed E-state index contributed by atoms with van der Waals surface area (Å²) in [6.45, 7) is 6.88. The molecule has 0 atom stereocenters. The molecule has 0 radical (unpaired) electrons. The molecule has 2 aliphatic rings. The standard InChI is InChI=1S/C17H29N5O/c1-14-12-19-20(2)15(14)13-21-10-6-17(7-11-21,16(18)23)22-8-4-3-5-9-22/h12H,3-11,13H2,1-2H3,(H2,18,23). The lowest BCUT2D eigenvalue weighted by molar-refractivity contribution is -0.135. The number of amides is 1. The van der Waals surface area contributed by atoms with Crippen molar-refractivity contribution >= 4 is 5.91 Å². The summed E-state index contributed by atoms with van der Waals surface area (Å²) in [6.07, 6.45) is 7.26. The summed E-state index contributed by atoms with van der Waals surface area (Å²) in [6, 6.07) is 0. The molecule has 128 valence electrons. The second-order valence-electron chi connectivity index (χ2n) is 7.12. The molecule has 1 amide bonds. The Morgan fingerprint density at radius 3 is 2.39 bits per heavy atom. The molecule has 3 heterocycles. The number of carbonyl (C=O) groups is 1. The van der Waals surface area contributed by atoms with Gasteiger partial charge in [0.25, 0.3) is 0 Å². The fourth-order valence-corrected chi connectivity index (χ4v) is 4.13. The van der Waals surface area contributed by atoms with Crippen LogP contribution in [0.15, 0.2) is 6.20 Å². The number of primary amides is 1. The van der Waals surface area contributed by atoms with Crippen molar-refractivity contribution < 1.29 is 4.79 Å². The van der Waals surface area contributed by atoms with Crippen molar-refractivity contribution in [2.24, 2.45) is 12.8 Å². The van der Waals surface area contributed by atoms with Gasteiger partial charge in [0, 0.05) is 26.7 Å². The molecule has 2 N–H and O–H groups in total. The van der Waals surface area contributed by atoms with E-state index in [0.717, 1.165) is 45.6 Å². The van der Waals surface area contributed by atoms with Crippen LogP contribution in [0.1, 0.15) is 43.4 Å². The zero-order valence-corrected chi connectivity index (χ0v) is 14.4. The van der Waals surface area contributed by atoms with E-state index in [-0.39, 0.29) is 5.91 Å². The summed E-state index contributed by atoms with van der Waals surface area (Å²) in [7, 11) is 1.99. The normalized spacial score (nSPS) is 23.0. The third-order valence-electron chi connectivity index (χ3n) is 5.75. The number of hydrogen-bond acceptors (Lipinski definition) is 4. The Labute approximate surface area is 138 Å². The number of hydrogen-bond donors (Lipinski definition) is 1. The highest BCUT2D eigenvalue weighted by molar-refractivity contribution is 5.84. The fraction of sp³-hybridized carbons (Fsp3) is 0.765. The van der Waals surface area contributed by atoms with Crippen LogP contribution in [0, 0.1) is 6.92 Å². The zero-order chi connectivity index (χ0) is 16.4. The Morgan fingerprint density at radius 1 is 1.22 bits per heavy atom. The summed E-state index contributed by atoms with van der Waals surface area (Å²) in [4.78, 5) is 17.0. The molecule has 3 rings (SSSR count). The van der Waals surface area contributed by atoms with E-state index < -0.39 is 5.54 Å². The molecule has 0 aliphatic carbocycles. The van der Waals surface area contributed by atoms with E-state index in [1.807, 2.05) is 17.9 Å². The van der Waals surface area contributed by atoms with E-state index in [1.54, 1.807) is 0 Å². The average molecular weight is 319 g/mol. The summed E-state index contributed by atoms with van der Waals surface area (Å²) in [5, 5.41) is 4.32. The zero-order valence-electron chi connectivity index (χ0n) is 14.4. The van der Waals surface area contributed by atoms with Crippen molar-refractivity contribution in [2.45, 2.75) is 51.1 Å². The van der Waals surface area contributed by atoms with Gasteiger partial charge in [-0.15, -0.1) is 0 Å². The quantitative estimate of drug-likeness (QED) is 0.900. The minimum atomic E-state index is -0.418. The first kappa shape index (κ1) is 16.5. The van der Waals surface area contributed by atoms with Crippen LogP contribution in [0.25, 0.3) is 0 Å². The first-order valence-electron chi connectivity index (χ1n) is 8.78. The molecule has 2 fully saturated rings. The van der Waals surface area contributed by atoms with E-state index in [1.165, 1.54) is 30.5 Å². The Bertz CT molecular complexity index is 534. The molecular formula is C17H29N5O. The Morgan fingerprint density at radius 2 is 1.87 bits per heavy atom. The third-order valence-corrected chi connectivity index (χ3v) is 5.75. The first-order chi connectivity index (χ1) is 11.0. The van der Waals surface area contributed by atoms with Gasteiger partial charge in [-0.2, -0.15) is 5.10 Å². The lowest BCUT2D eigenvalue weighted by Crippen LogP contribution is -2.63. The second-order valence-corrected chi connectivity index (χ2v) is 7.12. The molecule has 6 nitrogen and oxygen atoms in total. The molecule has 2 aliphatic heterocycles. The lowest BCUT2D eigenvalue weighted by Gasteiger charge is -2.48. The van der Waals surface area contributed by atoms with Crippen LogP contribution in [0.3, 0.4) is 0 Å². The maximum Gasteiger partial charge on any atom is 0.238 e. The number of nitrogens with two attached hydrogens (primary N) is 1. The molecule has 1 aromatic heterocycles. The van der Waals surface area contributed by atoms with Gasteiger partial charge in [0.2, 0.25) is 5.91 Å². The molecule has 0 spiro atoms. The first-order valence-corrected chi connectivity index (χ1v) is 8.78. The molecule has 2 saturated heterocycles. The summed E-state index contributed by atoms with van der Waals surface area (Å²) >= 11 is 0. The van der Waals surface area contributed by atoms with Gasteiger partial charge in [-0.3, -0.25) is 19.3 Å². The number of aromatic nitrogens is 2. The van der Waals surface area contributed by atoms with Gasteiger partial charge < -0.3 is 5.73 Å². The van der Waals surface area contributed by atoms with Crippen LogP contribution >= 0.6 is 0 Å². The van der Waals surface area contributed by atoms with Crippen molar-refractivity contribution in [2.75, 3.05) is 26.2 Å². The minimum Gasteiger partial charge on any atom is -0.368 e. The molecule has 0 unspecified atom stereocenters. The van der Waals surface area contributed by atoms with Crippen LogP contribution < -0.4 is 5.73 Å². The van der Waals surface area contributed by atoms with Crippen LogP contribution in [0.4, 0.5) is 0 Å². The van der Waals surface area contributed by atoms with Crippen LogP contribution in [0.2, 0.25) is 0 Å². The van der Waals surface area contributed by atoms with E-state index >= 15 is 0 Å². The second kappa shape index (κ2) is 6.61. The maximum absolute atomic E-state index is 12.3. The van der Waals surface area contributed by atoms with Gasteiger partial charge in [-0.05, 0) is 51.3 Å². The topological polar surface area (TPSA) is 67.4 Å². The number of rotatable bonds is 4. The fourth-order valence-electron chi connectivity index (χ4n) is 4.13. The Kier molecular flexibility index (Phi) is 4.73. The highest BCUT2D eigenvalue weighted by Gasteiger charge is 2.45. The van der Waals surface area contributed by atoms with Gasteiger partial charge >= 0.3 is 0 Å². The number of carbonyl (C=O) groups excluding carboxylic acids is 1. The third kappa shape index (κ3) is 3.15. The van der Waals surface area contributed by atoms with E-state index in [2.05, 4.69) is 21.8 Å². The number of likely N-dealkylation sites (tertiary alicyclic amines) is 2. The molecule has 0 aromatic carbocycles. The minimum absolute atomic E-state index is 0.129. The smallest absolute Gasteiger partial charge is 0.238 e. The summed E-state index contributed by atoms with van der Waals surface area (Å²) in [5.41, 5.74) is 7.92. The Hall–Kier alpha value is -1.40. The van der Waals surface area contributed by atoms with E-state index in [9.17, 15) is 4.79 Å². The number of aryl methyl sites for hydroxylation is 2. The predicted octanol–water partition coefficient (Wildman–Crippen LogP) is 1.03. The average Bonchev–Trinajstić information content (AvgIpc) is 2.88. The van der Waals surface area contributed by atoms with Gasteiger partial charge in [0.15, 0.2) is 0 Å². The van der Waals surface area contributed by atoms with Crippen molar-refractivity contribution in [1.82, 2.24) is 19.6 Å². The highest BCUT2D eigenvalue weighted by atomic mass is 16.1. The molecule has 6 heteroatoms. The molecular weight excluding hydrogens is 290 g/mol. The molecule has 0 saturated carbocycles. The molecule has 23 heavy (non-hydrogen) atoms. The van der Waals surface area contributed by atoms with Gasteiger partial charge in [-0.25, -0.2) is 0 Å². The Balaban J connectivity index is 1.66. The van der Waals surface area contributed by atoms with Crippen LogP contribution in [-0.2, 0) is 18.4 Å². The van der Waals surface area contributed by atoms with E-state index in [4.69, 9.17) is 5.73 Å². The molecule has 0 bridgehead atoms. The maximum atomic E-state index is 12.3. The predicted molar refractivity (Wildman–Crippen MR) is 89.8 cm³/mol. The van der Waals surface area contributed by atoms with Crippen molar-refractivity contribution in [1.29, 1.82) is 0 Å². The van der Waals surface area contributed by atoms with Crippen molar-refractivity contribution in [3.63, 3.8) is 0 Å². The molecule has 1 aromatic rings. The van der Waals surface area contributed by atoms with Crippen LogP contribution in [-0.4, -0.2) is 57.2 Å². The van der Waals surface area contributed by atoms with Gasteiger partial charge in [0.05, 0.1) is 11.9 Å². The highest BCUT2D eigenvalue weighted by Crippen LogP contribution is 2.32. The van der Waals surface area contributed by atoms with Gasteiger partial charge in [-0.1, -0.05) is 6.42 Å². The van der Waals surface area contributed by atoms with E-state index in [0.29, 0.717) is 0 Å². The largest absolute Gasteiger partial charge is 0.368 e. The monoisotopic (exact) mass is 319 g/mol.